The first-order chi connectivity index (χ1) is 8.37. The van der Waals surface area contributed by atoms with Crippen molar-refractivity contribution in [3.8, 4) is 0 Å². The van der Waals surface area contributed by atoms with Crippen LogP contribution in [0.25, 0.3) is 0 Å². The van der Waals surface area contributed by atoms with Crippen LogP contribution in [0, 0.1) is 5.92 Å². The molecule has 1 N–H and O–H groups in total. The summed E-state index contributed by atoms with van der Waals surface area (Å²) in [5, 5.41) is 11.2. The van der Waals surface area contributed by atoms with E-state index in [4.69, 9.17) is 23.2 Å². The van der Waals surface area contributed by atoms with Crippen LogP contribution >= 0.6 is 23.2 Å². The van der Waals surface area contributed by atoms with Crippen LogP contribution in [0.4, 0.5) is 0 Å². The van der Waals surface area contributed by atoms with E-state index in [1.807, 2.05) is 0 Å². The Morgan fingerprint density at radius 1 is 1.39 bits per heavy atom. The molecule has 1 aromatic rings. The number of aliphatic hydroxyl groups excluding tert-OH is 1. The lowest BCUT2D eigenvalue weighted by molar-refractivity contribution is 0.120. The molecule has 0 aliphatic carbocycles. The maximum absolute atomic E-state index is 11.4. The van der Waals surface area contributed by atoms with Gasteiger partial charge in [0.2, 0.25) is 0 Å². The van der Waals surface area contributed by atoms with Crippen LogP contribution < -0.4 is 0 Å². The number of hydrogen-bond donors (Lipinski definition) is 1. The highest BCUT2D eigenvalue weighted by Crippen LogP contribution is 2.27. The first kappa shape index (κ1) is 14.1. The lowest BCUT2D eigenvalue weighted by atomic mass is 9.96. The zero-order chi connectivity index (χ0) is 13.3. The standard InChI is InChI=1S/C12H14Cl2O3S/c13-10-1-2-11(14)9(5-10)6-12(15)8-3-4-18(16,17)7-8/h1-2,5,8,12,15H,3-4,6-7H2. The molecular weight excluding hydrogens is 295 g/mol. The summed E-state index contributed by atoms with van der Waals surface area (Å²) in [4.78, 5) is 0. The van der Waals surface area contributed by atoms with Gasteiger partial charge < -0.3 is 5.11 Å². The van der Waals surface area contributed by atoms with Crippen molar-refractivity contribution in [3.63, 3.8) is 0 Å². The van der Waals surface area contributed by atoms with Gasteiger partial charge in [-0.3, -0.25) is 0 Å². The average Bonchev–Trinajstić information content (AvgIpc) is 2.64. The number of sulfone groups is 1. The number of benzene rings is 1. The van der Waals surface area contributed by atoms with Gasteiger partial charge in [0.15, 0.2) is 9.84 Å². The van der Waals surface area contributed by atoms with Gasteiger partial charge in [-0.05, 0) is 30.2 Å². The lowest BCUT2D eigenvalue weighted by Gasteiger charge is -2.17. The fourth-order valence-electron chi connectivity index (χ4n) is 2.22. The van der Waals surface area contributed by atoms with Crippen LogP contribution in [-0.2, 0) is 16.3 Å². The van der Waals surface area contributed by atoms with E-state index in [0.717, 1.165) is 5.56 Å². The molecule has 18 heavy (non-hydrogen) atoms. The maximum atomic E-state index is 11.4. The van der Waals surface area contributed by atoms with Gasteiger partial charge in [0.05, 0.1) is 17.6 Å². The highest BCUT2D eigenvalue weighted by Gasteiger charge is 2.33. The largest absolute Gasteiger partial charge is 0.392 e. The summed E-state index contributed by atoms with van der Waals surface area (Å²) in [7, 11) is -2.97. The molecule has 6 heteroatoms. The third-order valence-electron chi connectivity index (χ3n) is 3.25. The molecule has 0 amide bonds. The highest BCUT2D eigenvalue weighted by atomic mass is 35.5. The smallest absolute Gasteiger partial charge is 0.150 e. The van der Waals surface area contributed by atoms with Gasteiger partial charge in [-0.2, -0.15) is 0 Å². The number of halogens is 2. The number of rotatable bonds is 3. The molecule has 2 atom stereocenters. The van der Waals surface area contributed by atoms with E-state index in [1.54, 1.807) is 18.2 Å². The third kappa shape index (κ3) is 3.38. The molecule has 1 heterocycles. The SMILES string of the molecule is O=S1(=O)CCC(C(O)Cc2cc(Cl)ccc2Cl)C1. The van der Waals surface area contributed by atoms with E-state index < -0.39 is 15.9 Å². The summed E-state index contributed by atoms with van der Waals surface area (Å²) in [5.74, 6) is 0.0229. The van der Waals surface area contributed by atoms with Crippen molar-refractivity contribution < 1.29 is 13.5 Å². The van der Waals surface area contributed by atoms with Crippen molar-refractivity contribution in [1.82, 2.24) is 0 Å². The van der Waals surface area contributed by atoms with Crippen LogP contribution in [0.5, 0.6) is 0 Å². The van der Waals surface area contributed by atoms with Crippen LogP contribution in [-0.4, -0.2) is 31.1 Å². The Morgan fingerprint density at radius 2 is 2.11 bits per heavy atom. The van der Waals surface area contributed by atoms with Crippen molar-refractivity contribution in [3.05, 3.63) is 33.8 Å². The Morgan fingerprint density at radius 3 is 2.72 bits per heavy atom. The minimum atomic E-state index is -2.97. The van der Waals surface area contributed by atoms with Gasteiger partial charge in [-0.25, -0.2) is 8.42 Å². The fourth-order valence-corrected chi connectivity index (χ4v) is 4.48. The van der Waals surface area contributed by atoms with Crippen molar-refractivity contribution >= 4 is 33.0 Å². The van der Waals surface area contributed by atoms with Gasteiger partial charge >= 0.3 is 0 Å². The first-order valence-corrected chi connectivity index (χ1v) is 8.27. The molecule has 0 radical (unpaired) electrons. The van der Waals surface area contributed by atoms with E-state index >= 15 is 0 Å². The molecule has 1 fully saturated rings. The minimum absolute atomic E-state index is 0.0619. The fraction of sp³-hybridized carbons (Fsp3) is 0.500. The zero-order valence-corrected chi connectivity index (χ0v) is 12.0. The summed E-state index contributed by atoms with van der Waals surface area (Å²) < 4.78 is 22.7. The molecule has 1 saturated heterocycles. The molecule has 1 aliphatic rings. The summed E-state index contributed by atoms with van der Waals surface area (Å²) in [6.07, 6.45) is 0.152. The maximum Gasteiger partial charge on any atom is 0.150 e. The molecule has 1 aliphatic heterocycles. The van der Waals surface area contributed by atoms with Gasteiger partial charge in [-0.1, -0.05) is 23.2 Å². The predicted molar refractivity (Wildman–Crippen MR) is 72.9 cm³/mol. The molecule has 0 saturated carbocycles. The Labute approximate surface area is 117 Å². The zero-order valence-electron chi connectivity index (χ0n) is 9.64. The molecule has 0 bridgehead atoms. The van der Waals surface area contributed by atoms with Crippen molar-refractivity contribution in [2.75, 3.05) is 11.5 Å². The quantitative estimate of drug-likeness (QED) is 0.932. The van der Waals surface area contributed by atoms with E-state index in [0.29, 0.717) is 22.9 Å². The summed E-state index contributed by atoms with van der Waals surface area (Å²) in [6.45, 7) is 0. The molecular formula is C12H14Cl2O3S. The minimum Gasteiger partial charge on any atom is -0.392 e. The second-order valence-electron chi connectivity index (χ2n) is 4.67. The predicted octanol–water partition coefficient (Wildman–Crippen LogP) is 2.33. The van der Waals surface area contributed by atoms with Crippen LogP contribution in [0.15, 0.2) is 18.2 Å². The lowest BCUT2D eigenvalue weighted by Crippen LogP contribution is -2.24. The molecule has 100 valence electrons. The van der Waals surface area contributed by atoms with Gasteiger partial charge in [-0.15, -0.1) is 0 Å². The molecule has 2 unspecified atom stereocenters. The number of aliphatic hydroxyl groups is 1. The Kier molecular flexibility index (Phi) is 4.22. The molecule has 1 aromatic carbocycles. The van der Waals surface area contributed by atoms with Gasteiger partial charge in [0.25, 0.3) is 0 Å². The molecule has 0 aromatic heterocycles. The second-order valence-corrected chi connectivity index (χ2v) is 7.74. The van der Waals surface area contributed by atoms with E-state index in [2.05, 4.69) is 0 Å². The Balaban J connectivity index is 2.08. The average molecular weight is 309 g/mol. The third-order valence-corrected chi connectivity index (χ3v) is 5.65. The monoisotopic (exact) mass is 308 g/mol. The second kappa shape index (κ2) is 5.37. The van der Waals surface area contributed by atoms with Crippen LogP contribution in [0.1, 0.15) is 12.0 Å². The molecule has 2 rings (SSSR count). The van der Waals surface area contributed by atoms with Gasteiger partial charge in [0, 0.05) is 22.4 Å². The Bertz CT molecular complexity index is 542. The van der Waals surface area contributed by atoms with Crippen LogP contribution in [0.3, 0.4) is 0 Å². The first-order valence-electron chi connectivity index (χ1n) is 5.70. The summed E-state index contributed by atoms with van der Waals surface area (Å²) in [5.41, 5.74) is 0.751. The summed E-state index contributed by atoms with van der Waals surface area (Å²) in [6, 6.07) is 5.06. The summed E-state index contributed by atoms with van der Waals surface area (Å²) >= 11 is 11.9. The van der Waals surface area contributed by atoms with Crippen molar-refractivity contribution in [1.29, 1.82) is 0 Å². The van der Waals surface area contributed by atoms with E-state index in [-0.39, 0.29) is 17.4 Å². The topological polar surface area (TPSA) is 54.4 Å². The van der Waals surface area contributed by atoms with Crippen molar-refractivity contribution in [2.24, 2.45) is 5.92 Å². The normalized spacial score (nSPS) is 24.1. The number of hydrogen-bond acceptors (Lipinski definition) is 3. The Hall–Kier alpha value is -0.290. The van der Waals surface area contributed by atoms with Crippen molar-refractivity contribution in [2.45, 2.75) is 18.9 Å². The molecule has 3 nitrogen and oxygen atoms in total. The van der Waals surface area contributed by atoms with Gasteiger partial charge in [0.1, 0.15) is 0 Å². The van der Waals surface area contributed by atoms with E-state index in [9.17, 15) is 13.5 Å². The highest BCUT2D eigenvalue weighted by molar-refractivity contribution is 7.91. The molecule has 0 spiro atoms. The van der Waals surface area contributed by atoms with Crippen LogP contribution in [0.2, 0.25) is 10.0 Å². The van der Waals surface area contributed by atoms with E-state index in [1.165, 1.54) is 0 Å².